The molecule has 6 heteroatoms. The third-order valence-corrected chi connectivity index (χ3v) is 2.75. The number of aromatic amines is 1. The third kappa shape index (κ3) is 3.63. The van der Waals surface area contributed by atoms with Crippen LogP contribution in [0.25, 0.3) is 0 Å². The highest BCUT2D eigenvalue weighted by molar-refractivity contribution is 5.85. The highest BCUT2D eigenvalue weighted by atomic mass is 35.5. The lowest BCUT2D eigenvalue weighted by atomic mass is 9.86. The van der Waals surface area contributed by atoms with Gasteiger partial charge in [0.05, 0.1) is 0 Å². The molecular formula is C9H18Cl2N4. The van der Waals surface area contributed by atoms with Crippen LogP contribution < -0.4 is 5.73 Å². The average Bonchev–Trinajstić information content (AvgIpc) is 2.53. The predicted octanol–water partition coefficient (Wildman–Crippen LogP) is 1.94. The molecule has 1 aliphatic rings. The van der Waals surface area contributed by atoms with E-state index in [4.69, 9.17) is 5.73 Å². The summed E-state index contributed by atoms with van der Waals surface area (Å²) in [5.74, 6) is 2.42. The van der Waals surface area contributed by atoms with Crippen molar-refractivity contribution < 1.29 is 0 Å². The second-order valence-corrected chi connectivity index (χ2v) is 3.89. The molecule has 1 heterocycles. The fourth-order valence-corrected chi connectivity index (χ4v) is 1.92. The minimum Gasteiger partial charge on any atom is -0.328 e. The Labute approximate surface area is 102 Å². The van der Waals surface area contributed by atoms with E-state index in [1.165, 1.54) is 0 Å². The molecule has 88 valence electrons. The molecule has 15 heavy (non-hydrogen) atoms. The monoisotopic (exact) mass is 252 g/mol. The van der Waals surface area contributed by atoms with Crippen molar-refractivity contribution in [3.8, 4) is 0 Å². The zero-order chi connectivity index (χ0) is 9.26. The number of halogens is 2. The highest BCUT2D eigenvalue weighted by Crippen LogP contribution is 2.29. The Morgan fingerprint density at radius 2 is 1.80 bits per heavy atom. The van der Waals surface area contributed by atoms with Gasteiger partial charge in [0.25, 0.3) is 0 Å². The first-order valence-electron chi connectivity index (χ1n) is 4.90. The Balaban J connectivity index is 0.000000980. The number of nitrogens with zero attached hydrogens (tertiary/aromatic N) is 2. The third-order valence-electron chi connectivity index (χ3n) is 2.75. The Morgan fingerprint density at radius 3 is 2.27 bits per heavy atom. The largest absolute Gasteiger partial charge is 0.328 e. The molecule has 1 aromatic rings. The van der Waals surface area contributed by atoms with Crippen molar-refractivity contribution in [2.75, 3.05) is 0 Å². The molecule has 1 aliphatic carbocycles. The van der Waals surface area contributed by atoms with Crippen LogP contribution in [0.1, 0.15) is 43.3 Å². The molecular weight excluding hydrogens is 235 g/mol. The van der Waals surface area contributed by atoms with Gasteiger partial charge in [-0.15, -0.1) is 24.8 Å². The molecule has 0 bridgehead atoms. The molecule has 0 aromatic carbocycles. The molecule has 2 rings (SSSR count). The molecule has 0 saturated heterocycles. The first-order valence-corrected chi connectivity index (χ1v) is 4.90. The zero-order valence-electron chi connectivity index (χ0n) is 8.77. The molecule has 0 amide bonds. The standard InChI is InChI=1S/C9H16N4.2ClH/c1-6-11-9(13-12-6)7-2-4-8(10)5-3-7;;/h7-8H,2-5,10H2,1H3,(H,11,12,13);2*1H. The summed E-state index contributed by atoms with van der Waals surface area (Å²) in [6, 6.07) is 0.399. The van der Waals surface area contributed by atoms with E-state index in [1.54, 1.807) is 0 Å². The van der Waals surface area contributed by atoms with Crippen molar-refractivity contribution in [2.45, 2.75) is 44.6 Å². The fraction of sp³-hybridized carbons (Fsp3) is 0.778. The van der Waals surface area contributed by atoms with Crippen LogP contribution in [-0.2, 0) is 0 Å². The minimum atomic E-state index is 0. The highest BCUT2D eigenvalue weighted by Gasteiger charge is 2.22. The molecule has 1 fully saturated rings. The molecule has 0 atom stereocenters. The number of hydrogen-bond donors (Lipinski definition) is 2. The maximum atomic E-state index is 5.83. The maximum absolute atomic E-state index is 5.83. The van der Waals surface area contributed by atoms with Crippen LogP contribution in [0.5, 0.6) is 0 Å². The van der Waals surface area contributed by atoms with Gasteiger partial charge in [-0.1, -0.05) is 0 Å². The van der Waals surface area contributed by atoms with Gasteiger partial charge < -0.3 is 5.73 Å². The van der Waals surface area contributed by atoms with E-state index in [1.807, 2.05) is 6.92 Å². The second kappa shape index (κ2) is 6.30. The van der Waals surface area contributed by atoms with Gasteiger partial charge in [-0.05, 0) is 32.6 Å². The maximum Gasteiger partial charge on any atom is 0.153 e. The lowest BCUT2D eigenvalue weighted by molar-refractivity contribution is 0.385. The zero-order valence-corrected chi connectivity index (χ0v) is 10.4. The summed E-state index contributed by atoms with van der Waals surface area (Å²) in [6.45, 7) is 1.94. The van der Waals surface area contributed by atoms with E-state index >= 15 is 0 Å². The van der Waals surface area contributed by atoms with Crippen LogP contribution in [-0.4, -0.2) is 21.2 Å². The number of H-pyrrole nitrogens is 1. The molecule has 0 spiro atoms. The van der Waals surface area contributed by atoms with Gasteiger partial charge in [-0.3, -0.25) is 5.10 Å². The van der Waals surface area contributed by atoms with Crippen molar-refractivity contribution in [3.05, 3.63) is 11.6 Å². The van der Waals surface area contributed by atoms with Gasteiger partial charge in [0, 0.05) is 12.0 Å². The first-order chi connectivity index (χ1) is 6.25. The summed E-state index contributed by atoms with van der Waals surface area (Å²) < 4.78 is 0. The molecule has 1 aromatic heterocycles. The molecule has 4 nitrogen and oxygen atoms in total. The summed E-state index contributed by atoms with van der Waals surface area (Å²) in [7, 11) is 0. The SMILES string of the molecule is Cc1nc(C2CCC(N)CC2)n[nH]1.Cl.Cl. The summed E-state index contributed by atoms with van der Waals surface area (Å²) in [5, 5.41) is 7.07. The van der Waals surface area contributed by atoms with Crippen LogP contribution in [0.3, 0.4) is 0 Å². The van der Waals surface area contributed by atoms with E-state index < -0.39 is 0 Å². The second-order valence-electron chi connectivity index (χ2n) is 3.89. The van der Waals surface area contributed by atoms with Crippen molar-refractivity contribution in [1.29, 1.82) is 0 Å². The van der Waals surface area contributed by atoms with Gasteiger partial charge >= 0.3 is 0 Å². The van der Waals surface area contributed by atoms with Crippen LogP contribution in [0.4, 0.5) is 0 Å². The quantitative estimate of drug-likeness (QED) is 0.803. The van der Waals surface area contributed by atoms with Crippen LogP contribution in [0.15, 0.2) is 0 Å². The number of aromatic nitrogens is 3. The number of nitrogens with one attached hydrogen (secondary N) is 1. The smallest absolute Gasteiger partial charge is 0.153 e. The first kappa shape index (κ1) is 14.7. The van der Waals surface area contributed by atoms with Crippen molar-refractivity contribution in [3.63, 3.8) is 0 Å². The molecule has 3 N–H and O–H groups in total. The van der Waals surface area contributed by atoms with E-state index in [0.717, 1.165) is 37.3 Å². The molecule has 0 aliphatic heterocycles. The van der Waals surface area contributed by atoms with Gasteiger partial charge in [0.1, 0.15) is 5.82 Å². The summed E-state index contributed by atoms with van der Waals surface area (Å²) in [6.07, 6.45) is 4.49. The normalized spacial score (nSPS) is 25.2. The summed E-state index contributed by atoms with van der Waals surface area (Å²) in [5.41, 5.74) is 5.83. The van der Waals surface area contributed by atoms with E-state index in [2.05, 4.69) is 15.2 Å². The number of rotatable bonds is 1. The molecule has 1 saturated carbocycles. The number of aryl methyl sites for hydroxylation is 1. The van der Waals surface area contributed by atoms with Gasteiger partial charge in [-0.2, -0.15) is 5.10 Å². The predicted molar refractivity (Wildman–Crippen MR) is 64.8 cm³/mol. The van der Waals surface area contributed by atoms with Crippen molar-refractivity contribution >= 4 is 24.8 Å². The van der Waals surface area contributed by atoms with Crippen molar-refractivity contribution in [2.24, 2.45) is 5.73 Å². The average molecular weight is 253 g/mol. The Morgan fingerprint density at radius 1 is 1.20 bits per heavy atom. The van der Waals surface area contributed by atoms with E-state index in [9.17, 15) is 0 Å². The Hall–Kier alpha value is -0.320. The molecule has 0 radical (unpaired) electrons. The van der Waals surface area contributed by atoms with Gasteiger partial charge in [0.2, 0.25) is 0 Å². The Bertz CT molecular complexity index is 281. The van der Waals surface area contributed by atoms with Crippen LogP contribution in [0, 0.1) is 6.92 Å². The number of hydrogen-bond acceptors (Lipinski definition) is 3. The summed E-state index contributed by atoms with van der Waals surface area (Å²) in [4.78, 5) is 4.35. The molecule has 0 unspecified atom stereocenters. The summed E-state index contributed by atoms with van der Waals surface area (Å²) >= 11 is 0. The lowest BCUT2D eigenvalue weighted by Crippen LogP contribution is -2.26. The lowest BCUT2D eigenvalue weighted by Gasteiger charge is -2.23. The Kier molecular flexibility index (Phi) is 6.17. The minimum absolute atomic E-state index is 0. The fourth-order valence-electron chi connectivity index (χ4n) is 1.92. The van der Waals surface area contributed by atoms with Crippen molar-refractivity contribution in [1.82, 2.24) is 15.2 Å². The number of nitrogens with two attached hydrogens (primary N) is 1. The van der Waals surface area contributed by atoms with Crippen LogP contribution >= 0.6 is 24.8 Å². The topological polar surface area (TPSA) is 67.6 Å². The van der Waals surface area contributed by atoms with Crippen LogP contribution in [0.2, 0.25) is 0 Å². The van der Waals surface area contributed by atoms with Gasteiger partial charge in [0.15, 0.2) is 5.82 Å². The van der Waals surface area contributed by atoms with Gasteiger partial charge in [-0.25, -0.2) is 4.98 Å². The van der Waals surface area contributed by atoms with E-state index in [0.29, 0.717) is 12.0 Å². The van der Waals surface area contributed by atoms with E-state index in [-0.39, 0.29) is 24.8 Å².